The van der Waals surface area contributed by atoms with Crippen molar-refractivity contribution in [2.45, 2.75) is 19.4 Å². The minimum absolute atomic E-state index is 0.120. The van der Waals surface area contributed by atoms with Gasteiger partial charge in [0.15, 0.2) is 5.69 Å². The van der Waals surface area contributed by atoms with Crippen molar-refractivity contribution in [2.75, 3.05) is 11.9 Å². The van der Waals surface area contributed by atoms with Gasteiger partial charge in [0.2, 0.25) is 5.91 Å². The zero-order chi connectivity index (χ0) is 21.6. The second kappa shape index (κ2) is 9.25. The molecule has 0 fully saturated rings. The van der Waals surface area contributed by atoms with Crippen LogP contribution in [-0.2, 0) is 24.8 Å². The molecular weight excluding hydrogens is 392 g/mol. The van der Waals surface area contributed by atoms with Crippen molar-refractivity contribution in [3.8, 4) is 0 Å². The number of carbonyl (C=O) groups is 2. The number of anilines is 1. The summed E-state index contributed by atoms with van der Waals surface area (Å²) in [6.45, 7) is 1.04. The van der Waals surface area contributed by atoms with Gasteiger partial charge >= 0.3 is 0 Å². The molecule has 2 aromatic heterocycles. The fraction of sp³-hybridized carbons (Fsp3) is 0.217. The third kappa shape index (κ3) is 4.98. The lowest BCUT2D eigenvalue weighted by molar-refractivity contribution is -0.116. The molecule has 0 radical (unpaired) electrons. The number of aryl methyl sites for hydroxylation is 2. The number of rotatable bonds is 8. The number of amides is 2. The number of benzene rings is 2. The summed E-state index contributed by atoms with van der Waals surface area (Å²) in [6.07, 6.45) is 2.77. The highest BCUT2D eigenvalue weighted by Gasteiger charge is 2.14. The average molecular weight is 416 g/mol. The lowest BCUT2D eigenvalue weighted by atomic mass is 10.1. The molecule has 8 heteroatoms. The first-order valence-electron chi connectivity index (χ1n) is 10.2. The number of fused-ring (bicyclic) bond motifs is 1. The Bertz CT molecular complexity index is 1200. The van der Waals surface area contributed by atoms with E-state index in [4.69, 9.17) is 0 Å². The van der Waals surface area contributed by atoms with Gasteiger partial charge in [-0.05, 0) is 24.1 Å². The molecule has 0 saturated heterocycles. The molecule has 2 aromatic carbocycles. The fourth-order valence-electron chi connectivity index (χ4n) is 3.37. The van der Waals surface area contributed by atoms with E-state index in [2.05, 4.69) is 20.7 Å². The summed E-state index contributed by atoms with van der Waals surface area (Å²) in [5.74, 6) is 0.0828. The maximum Gasteiger partial charge on any atom is 0.271 e. The van der Waals surface area contributed by atoms with Crippen molar-refractivity contribution < 1.29 is 9.59 Å². The van der Waals surface area contributed by atoms with Gasteiger partial charge in [0.05, 0.1) is 17.4 Å². The predicted octanol–water partition coefficient (Wildman–Crippen LogP) is 2.77. The summed E-state index contributed by atoms with van der Waals surface area (Å²) >= 11 is 0. The smallest absolute Gasteiger partial charge is 0.271 e. The van der Waals surface area contributed by atoms with Crippen molar-refractivity contribution in [1.29, 1.82) is 0 Å². The highest BCUT2D eigenvalue weighted by atomic mass is 16.2. The maximum absolute atomic E-state index is 12.5. The van der Waals surface area contributed by atoms with Gasteiger partial charge in [-0.15, -0.1) is 0 Å². The molecule has 2 heterocycles. The van der Waals surface area contributed by atoms with E-state index in [9.17, 15) is 9.59 Å². The highest BCUT2D eigenvalue weighted by molar-refractivity contribution is 5.95. The molecule has 0 saturated carbocycles. The molecule has 158 valence electrons. The Labute approximate surface area is 179 Å². The summed E-state index contributed by atoms with van der Waals surface area (Å²) < 4.78 is 3.49. The van der Waals surface area contributed by atoms with Crippen LogP contribution in [0.5, 0.6) is 0 Å². The molecule has 31 heavy (non-hydrogen) atoms. The van der Waals surface area contributed by atoms with E-state index >= 15 is 0 Å². The van der Waals surface area contributed by atoms with Crippen molar-refractivity contribution in [2.24, 2.45) is 7.05 Å². The van der Waals surface area contributed by atoms with Crippen LogP contribution in [0.4, 0.5) is 5.82 Å². The second-order valence-corrected chi connectivity index (χ2v) is 7.25. The first-order chi connectivity index (χ1) is 15.1. The van der Waals surface area contributed by atoms with E-state index in [1.807, 2.05) is 59.2 Å². The van der Waals surface area contributed by atoms with Gasteiger partial charge in [-0.25, -0.2) is 4.98 Å². The van der Waals surface area contributed by atoms with Gasteiger partial charge in [-0.2, -0.15) is 5.10 Å². The Morgan fingerprint density at radius 2 is 1.81 bits per heavy atom. The van der Waals surface area contributed by atoms with Crippen LogP contribution >= 0.6 is 0 Å². The normalized spacial score (nSPS) is 10.9. The Kier molecular flexibility index (Phi) is 6.07. The third-order valence-corrected chi connectivity index (χ3v) is 5.03. The van der Waals surface area contributed by atoms with Gasteiger partial charge in [0, 0.05) is 32.6 Å². The number of nitrogens with one attached hydrogen (secondary N) is 2. The minimum atomic E-state index is -0.287. The molecule has 0 bridgehead atoms. The van der Waals surface area contributed by atoms with Crippen LogP contribution in [0.3, 0.4) is 0 Å². The molecule has 0 aliphatic carbocycles. The zero-order valence-corrected chi connectivity index (χ0v) is 17.3. The molecule has 0 unspecified atom stereocenters. The van der Waals surface area contributed by atoms with Crippen LogP contribution in [0, 0.1) is 0 Å². The van der Waals surface area contributed by atoms with Crippen molar-refractivity contribution in [3.63, 3.8) is 0 Å². The fourth-order valence-corrected chi connectivity index (χ4v) is 3.37. The first kappa shape index (κ1) is 20.3. The number of aromatic nitrogens is 4. The maximum atomic E-state index is 12.5. The standard InChI is InChI=1S/C23H24N6O2/c1-28-21(26-22(30)12-11-17-7-3-2-4-8-17)15-19(27-28)23(31)24-13-14-29-16-25-18-9-5-6-10-20(18)29/h2-10,15-16H,11-14H2,1H3,(H,24,31)(H,26,30). The molecule has 4 rings (SSSR count). The second-order valence-electron chi connectivity index (χ2n) is 7.25. The van der Waals surface area contributed by atoms with Crippen molar-refractivity contribution in [1.82, 2.24) is 24.6 Å². The Morgan fingerprint density at radius 3 is 2.65 bits per heavy atom. The summed E-state index contributed by atoms with van der Waals surface area (Å²) in [4.78, 5) is 29.1. The summed E-state index contributed by atoms with van der Waals surface area (Å²) in [6, 6.07) is 19.3. The summed E-state index contributed by atoms with van der Waals surface area (Å²) in [5, 5.41) is 9.91. The molecule has 0 spiro atoms. The molecule has 8 nitrogen and oxygen atoms in total. The molecule has 0 aliphatic heterocycles. The minimum Gasteiger partial charge on any atom is -0.349 e. The monoisotopic (exact) mass is 416 g/mol. The van der Waals surface area contributed by atoms with Gasteiger partial charge < -0.3 is 15.2 Å². The van der Waals surface area contributed by atoms with Crippen LogP contribution in [0.15, 0.2) is 67.0 Å². The number of hydrogen-bond donors (Lipinski definition) is 2. The van der Waals surface area contributed by atoms with E-state index in [1.165, 1.54) is 4.68 Å². The van der Waals surface area contributed by atoms with Gasteiger partial charge in [-0.1, -0.05) is 42.5 Å². The number of nitrogens with zero attached hydrogens (tertiary/aromatic N) is 4. The van der Waals surface area contributed by atoms with Crippen LogP contribution in [0.25, 0.3) is 11.0 Å². The van der Waals surface area contributed by atoms with E-state index in [0.717, 1.165) is 16.6 Å². The van der Waals surface area contributed by atoms with Crippen molar-refractivity contribution >= 4 is 28.7 Å². The Hall–Kier alpha value is -3.94. The van der Waals surface area contributed by atoms with Gasteiger partial charge in [0.25, 0.3) is 5.91 Å². The predicted molar refractivity (Wildman–Crippen MR) is 119 cm³/mol. The number of carbonyl (C=O) groups excluding carboxylic acids is 2. The summed E-state index contributed by atoms with van der Waals surface area (Å²) in [5.41, 5.74) is 3.31. The van der Waals surface area contributed by atoms with Crippen molar-refractivity contribution in [3.05, 3.63) is 78.2 Å². The van der Waals surface area contributed by atoms with E-state index in [1.54, 1.807) is 19.4 Å². The van der Waals surface area contributed by atoms with Crippen LogP contribution in [0.1, 0.15) is 22.5 Å². The molecule has 2 amide bonds. The number of hydrogen-bond acceptors (Lipinski definition) is 4. The molecule has 2 N–H and O–H groups in total. The quantitative estimate of drug-likeness (QED) is 0.462. The van der Waals surface area contributed by atoms with Crippen LogP contribution in [0.2, 0.25) is 0 Å². The SMILES string of the molecule is Cn1nc(C(=O)NCCn2cnc3ccccc32)cc1NC(=O)CCc1ccccc1. The average Bonchev–Trinajstić information content (AvgIpc) is 3.37. The van der Waals surface area contributed by atoms with E-state index in [0.29, 0.717) is 31.7 Å². The lowest BCUT2D eigenvalue weighted by Crippen LogP contribution is -2.27. The van der Waals surface area contributed by atoms with E-state index < -0.39 is 0 Å². The van der Waals surface area contributed by atoms with Gasteiger partial charge in [0.1, 0.15) is 5.82 Å². The lowest BCUT2D eigenvalue weighted by Gasteiger charge is -2.05. The van der Waals surface area contributed by atoms with Crippen LogP contribution < -0.4 is 10.6 Å². The molecule has 4 aromatic rings. The number of imidazole rings is 1. The van der Waals surface area contributed by atoms with Gasteiger partial charge in [-0.3, -0.25) is 14.3 Å². The summed E-state index contributed by atoms with van der Waals surface area (Å²) in [7, 11) is 1.70. The third-order valence-electron chi connectivity index (χ3n) is 5.03. The number of para-hydroxylation sites is 2. The zero-order valence-electron chi connectivity index (χ0n) is 17.3. The highest BCUT2D eigenvalue weighted by Crippen LogP contribution is 2.12. The largest absolute Gasteiger partial charge is 0.349 e. The van der Waals surface area contributed by atoms with Crippen LogP contribution in [-0.4, -0.2) is 37.7 Å². The Morgan fingerprint density at radius 1 is 1.03 bits per heavy atom. The molecular formula is C23H24N6O2. The topological polar surface area (TPSA) is 93.8 Å². The molecule has 0 atom stereocenters. The Balaban J connectivity index is 1.29. The van der Waals surface area contributed by atoms with E-state index in [-0.39, 0.29) is 17.5 Å². The molecule has 0 aliphatic rings. The first-order valence-corrected chi connectivity index (χ1v) is 10.2.